The van der Waals surface area contributed by atoms with Gasteiger partial charge in [-0.1, -0.05) is 20.8 Å². The Morgan fingerprint density at radius 1 is 1.35 bits per heavy atom. The molecule has 1 aliphatic rings. The second-order valence-electron chi connectivity index (χ2n) is 6.27. The Kier molecular flexibility index (Phi) is 4.72. The number of hydrogen-bond donors (Lipinski definition) is 0. The molecule has 17 heavy (non-hydrogen) atoms. The van der Waals surface area contributed by atoms with Gasteiger partial charge in [-0.05, 0) is 31.1 Å². The number of rotatable bonds is 5. The number of carbonyl (C=O) groups is 2. The van der Waals surface area contributed by atoms with Crippen LogP contribution in [0, 0.1) is 11.3 Å². The van der Waals surface area contributed by atoms with Crippen LogP contribution in [0.2, 0.25) is 0 Å². The van der Waals surface area contributed by atoms with Gasteiger partial charge in [-0.2, -0.15) is 0 Å². The zero-order valence-corrected chi connectivity index (χ0v) is 11.6. The number of unbranched alkanes of at least 4 members (excludes halogenated alkanes) is 1. The van der Waals surface area contributed by atoms with Crippen molar-refractivity contribution < 1.29 is 9.59 Å². The van der Waals surface area contributed by atoms with Crippen LogP contribution >= 0.6 is 0 Å². The molecule has 1 amide bonds. The number of carbonyl (C=O) groups excluding carboxylic acids is 2. The molecule has 0 saturated carbocycles. The van der Waals surface area contributed by atoms with Crippen LogP contribution in [-0.2, 0) is 9.59 Å². The molecule has 0 aromatic heterocycles. The summed E-state index contributed by atoms with van der Waals surface area (Å²) in [5.74, 6) is 1.00. The molecule has 0 aliphatic carbocycles. The molecule has 0 spiro atoms. The predicted octanol–water partition coefficient (Wildman–Crippen LogP) is 2.64. The van der Waals surface area contributed by atoms with E-state index in [-0.39, 0.29) is 17.1 Å². The molecule has 0 bridgehead atoms. The third kappa shape index (κ3) is 4.49. The minimum Gasteiger partial charge on any atom is -0.342 e. The minimum absolute atomic E-state index is 0.212. The van der Waals surface area contributed by atoms with Crippen LogP contribution < -0.4 is 0 Å². The average Bonchev–Trinajstić information content (AvgIpc) is 2.54. The number of Topliss-reactive ketones (excluding diaryl/α,β-unsaturated/α-hetero) is 1. The lowest BCUT2D eigenvalue weighted by atomic mass is 9.80. The lowest BCUT2D eigenvalue weighted by Gasteiger charge is -2.26. The van der Waals surface area contributed by atoms with E-state index in [0.29, 0.717) is 18.8 Å². The average molecular weight is 239 g/mol. The van der Waals surface area contributed by atoms with Crippen molar-refractivity contribution in [2.24, 2.45) is 11.3 Å². The predicted molar refractivity (Wildman–Crippen MR) is 68.7 cm³/mol. The fraction of sp³-hybridized carbons (Fsp3) is 0.857. The van der Waals surface area contributed by atoms with Crippen LogP contribution in [0.5, 0.6) is 0 Å². The summed E-state index contributed by atoms with van der Waals surface area (Å²) in [4.78, 5) is 24.6. The first-order valence-electron chi connectivity index (χ1n) is 6.58. The quantitative estimate of drug-likeness (QED) is 0.692. The van der Waals surface area contributed by atoms with E-state index in [0.717, 1.165) is 25.9 Å². The molecule has 0 radical (unpaired) electrons. The third-order valence-electron chi connectivity index (χ3n) is 3.65. The summed E-state index contributed by atoms with van der Waals surface area (Å²) in [6.07, 6.45) is 3.18. The highest BCUT2D eigenvalue weighted by atomic mass is 16.2. The number of ketones is 1. The van der Waals surface area contributed by atoms with Gasteiger partial charge < -0.3 is 9.69 Å². The molecule has 3 nitrogen and oxygen atoms in total. The Hall–Kier alpha value is -0.860. The van der Waals surface area contributed by atoms with Crippen LogP contribution in [-0.4, -0.2) is 29.7 Å². The molecule has 1 aliphatic heterocycles. The smallest absolute Gasteiger partial charge is 0.222 e. The normalized spacial score (nSPS) is 21.1. The largest absolute Gasteiger partial charge is 0.342 e. The molecule has 1 fully saturated rings. The molecule has 1 atom stereocenters. The summed E-state index contributed by atoms with van der Waals surface area (Å²) >= 11 is 0. The maximum atomic E-state index is 11.8. The summed E-state index contributed by atoms with van der Waals surface area (Å²) < 4.78 is 0. The Labute approximate surface area is 105 Å². The Morgan fingerprint density at radius 2 is 2.00 bits per heavy atom. The van der Waals surface area contributed by atoms with Crippen LogP contribution in [0.1, 0.15) is 53.4 Å². The second kappa shape index (κ2) is 5.65. The van der Waals surface area contributed by atoms with E-state index < -0.39 is 0 Å². The summed E-state index contributed by atoms with van der Waals surface area (Å²) in [5, 5.41) is 0. The van der Waals surface area contributed by atoms with Crippen LogP contribution in [0.3, 0.4) is 0 Å². The molecule has 98 valence electrons. The van der Waals surface area contributed by atoms with Gasteiger partial charge in [0.15, 0.2) is 0 Å². The lowest BCUT2D eigenvalue weighted by Crippen LogP contribution is -2.28. The summed E-state index contributed by atoms with van der Waals surface area (Å²) in [6, 6.07) is 0. The molecular formula is C14H25NO2. The van der Waals surface area contributed by atoms with Gasteiger partial charge in [0.1, 0.15) is 5.78 Å². The highest BCUT2D eigenvalue weighted by molar-refractivity contribution is 5.78. The zero-order chi connectivity index (χ0) is 13.1. The van der Waals surface area contributed by atoms with Crippen LogP contribution in [0.25, 0.3) is 0 Å². The molecular weight excluding hydrogens is 214 g/mol. The summed E-state index contributed by atoms with van der Waals surface area (Å²) in [6.45, 7) is 9.93. The Morgan fingerprint density at radius 3 is 2.47 bits per heavy atom. The van der Waals surface area contributed by atoms with E-state index >= 15 is 0 Å². The van der Waals surface area contributed by atoms with Gasteiger partial charge in [-0.3, -0.25) is 4.79 Å². The standard InChI is InChI=1S/C14H25NO2/c1-11(16)7-5-6-8-15-10-12(9-13(15)17)14(2,3)4/h12H,5-10H2,1-4H3. The Balaban J connectivity index is 2.31. The SMILES string of the molecule is CC(=O)CCCCN1CC(C(C)(C)C)CC1=O. The van der Waals surface area contributed by atoms with Crippen molar-refractivity contribution >= 4 is 11.7 Å². The van der Waals surface area contributed by atoms with Gasteiger partial charge >= 0.3 is 0 Å². The molecule has 1 heterocycles. The van der Waals surface area contributed by atoms with Gasteiger partial charge in [0.05, 0.1) is 0 Å². The number of hydrogen-bond acceptors (Lipinski definition) is 2. The molecule has 1 saturated heterocycles. The molecule has 1 rings (SSSR count). The van der Waals surface area contributed by atoms with Crippen molar-refractivity contribution in [3.63, 3.8) is 0 Å². The lowest BCUT2D eigenvalue weighted by molar-refractivity contribution is -0.127. The molecule has 0 aromatic rings. The van der Waals surface area contributed by atoms with Crippen molar-refractivity contribution in [2.75, 3.05) is 13.1 Å². The minimum atomic E-state index is 0.212. The maximum Gasteiger partial charge on any atom is 0.222 e. The Bertz CT molecular complexity index is 291. The van der Waals surface area contributed by atoms with E-state index in [1.807, 2.05) is 4.90 Å². The maximum absolute atomic E-state index is 11.8. The van der Waals surface area contributed by atoms with Crippen molar-refractivity contribution in [3.8, 4) is 0 Å². The monoisotopic (exact) mass is 239 g/mol. The molecule has 0 aromatic carbocycles. The molecule has 3 heteroatoms. The van der Waals surface area contributed by atoms with E-state index in [4.69, 9.17) is 0 Å². The molecule has 0 N–H and O–H groups in total. The zero-order valence-electron chi connectivity index (χ0n) is 11.6. The number of likely N-dealkylation sites (tertiary alicyclic amines) is 1. The summed E-state index contributed by atoms with van der Waals surface area (Å²) in [7, 11) is 0. The van der Waals surface area contributed by atoms with Crippen LogP contribution in [0.15, 0.2) is 0 Å². The number of amides is 1. The van der Waals surface area contributed by atoms with Gasteiger partial charge in [-0.25, -0.2) is 0 Å². The second-order valence-corrected chi connectivity index (χ2v) is 6.27. The third-order valence-corrected chi connectivity index (χ3v) is 3.65. The van der Waals surface area contributed by atoms with Gasteiger partial charge in [0.25, 0.3) is 0 Å². The number of nitrogens with zero attached hydrogens (tertiary/aromatic N) is 1. The van der Waals surface area contributed by atoms with Crippen molar-refractivity contribution in [1.82, 2.24) is 4.90 Å². The topological polar surface area (TPSA) is 37.4 Å². The van der Waals surface area contributed by atoms with E-state index in [1.54, 1.807) is 6.92 Å². The van der Waals surface area contributed by atoms with Crippen molar-refractivity contribution in [2.45, 2.75) is 53.4 Å². The highest BCUT2D eigenvalue weighted by Gasteiger charge is 2.36. The van der Waals surface area contributed by atoms with E-state index in [2.05, 4.69) is 20.8 Å². The fourth-order valence-corrected chi connectivity index (χ4v) is 2.24. The van der Waals surface area contributed by atoms with Crippen molar-refractivity contribution in [1.29, 1.82) is 0 Å². The van der Waals surface area contributed by atoms with Gasteiger partial charge in [0, 0.05) is 25.9 Å². The van der Waals surface area contributed by atoms with Crippen LogP contribution in [0.4, 0.5) is 0 Å². The first kappa shape index (κ1) is 14.2. The molecule has 1 unspecified atom stereocenters. The summed E-state index contributed by atoms with van der Waals surface area (Å²) in [5.41, 5.74) is 0.212. The first-order valence-corrected chi connectivity index (χ1v) is 6.58. The highest BCUT2D eigenvalue weighted by Crippen LogP contribution is 2.34. The van der Waals surface area contributed by atoms with Gasteiger partial charge in [0.2, 0.25) is 5.91 Å². The van der Waals surface area contributed by atoms with Gasteiger partial charge in [-0.15, -0.1) is 0 Å². The first-order chi connectivity index (χ1) is 7.80. The fourth-order valence-electron chi connectivity index (χ4n) is 2.24. The van der Waals surface area contributed by atoms with E-state index in [1.165, 1.54) is 0 Å². The van der Waals surface area contributed by atoms with Crippen molar-refractivity contribution in [3.05, 3.63) is 0 Å². The van der Waals surface area contributed by atoms with E-state index in [9.17, 15) is 9.59 Å².